The molecule has 0 radical (unpaired) electrons. The van der Waals surface area contributed by atoms with Gasteiger partial charge in [-0.25, -0.2) is 9.67 Å². The normalized spacial score (nSPS) is 11.8. The van der Waals surface area contributed by atoms with Gasteiger partial charge in [-0.3, -0.25) is 9.59 Å². The van der Waals surface area contributed by atoms with Gasteiger partial charge in [-0.05, 0) is 48.6 Å². The standard InChI is InChI=1S/C31H44N6O3/c1-4-6-12-28-35-29(13-7-5-2)37(36-28)22-23-14-16-24(17-15-23)25-10-8-9-11-26(25)30(38)34-21-20-33-19-18-27(32)31(39)40-3/h8-11,14-17,27,33H,4-7,12-13,18-22,32H2,1-3H3,(H,34,38). The Balaban J connectivity index is 1.59. The first kappa shape index (κ1) is 31.0. The Kier molecular flexibility index (Phi) is 12.8. The molecule has 9 heteroatoms. The molecule has 0 saturated heterocycles. The smallest absolute Gasteiger partial charge is 0.322 e. The number of nitrogens with zero attached hydrogens (tertiary/aromatic N) is 3. The van der Waals surface area contributed by atoms with Gasteiger partial charge in [-0.2, -0.15) is 5.10 Å². The van der Waals surface area contributed by atoms with Gasteiger partial charge in [0.1, 0.15) is 11.9 Å². The van der Waals surface area contributed by atoms with Crippen LogP contribution in [-0.2, 0) is 28.9 Å². The summed E-state index contributed by atoms with van der Waals surface area (Å²) in [5.41, 5.74) is 9.38. The first-order valence-electron chi connectivity index (χ1n) is 14.4. The molecular weight excluding hydrogens is 504 g/mol. The molecule has 0 bridgehead atoms. The quantitative estimate of drug-likeness (QED) is 0.173. The molecule has 0 aliphatic rings. The van der Waals surface area contributed by atoms with Crippen LogP contribution in [0.3, 0.4) is 0 Å². The van der Waals surface area contributed by atoms with Crippen LogP contribution in [0, 0.1) is 0 Å². The van der Waals surface area contributed by atoms with Crippen molar-refractivity contribution in [1.82, 2.24) is 25.4 Å². The number of esters is 1. The van der Waals surface area contributed by atoms with E-state index in [1.54, 1.807) is 0 Å². The summed E-state index contributed by atoms with van der Waals surface area (Å²) in [6, 6.07) is 15.3. The highest BCUT2D eigenvalue weighted by Gasteiger charge is 2.14. The lowest BCUT2D eigenvalue weighted by Gasteiger charge is -2.12. The molecule has 3 aromatic rings. The van der Waals surface area contributed by atoms with Crippen LogP contribution in [-0.4, -0.2) is 59.4 Å². The second kappa shape index (κ2) is 16.5. The number of hydrogen-bond acceptors (Lipinski definition) is 7. The molecular formula is C31H44N6O3. The van der Waals surface area contributed by atoms with E-state index in [-0.39, 0.29) is 5.91 Å². The van der Waals surface area contributed by atoms with Crippen molar-refractivity contribution in [1.29, 1.82) is 0 Å². The highest BCUT2D eigenvalue weighted by atomic mass is 16.5. The van der Waals surface area contributed by atoms with E-state index in [1.807, 2.05) is 28.9 Å². The summed E-state index contributed by atoms with van der Waals surface area (Å²) in [6.07, 6.45) is 6.78. The van der Waals surface area contributed by atoms with Crippen LogP contribution in [0.1, 0.15) is 73.5 Å². The van der Waals surface area contributed by atoms with Gasteiger partial charge in [-0.1, -0.05) is 69.2 Å². The van der Waals surface area contributed by atoms with Crippen LogP contribution in [0.15, 0.2) is 48.5 Å². The Morgan fingerprint density at radius 3 is 2.42 bits per heavy atom. The average molecular weight is 549 g/mol. The van der Waals surface area contributed by atoms with Crippen LogP contribution in [0.2, 0.25) is 0 Å². The van der Waals surface area contributed by atoms with Crippen molar-refractivity contribution in [3.63, 3.8) is 0 Å². The van der Waals surface area contributed by atoms with E-state index in [0.29, 0.717) is 38.2 Å². The topological polar surface area (TPSA) is 124 Å². The first-order valence-corrected chi connectivity index (χ1v) is 14.4. The van der Waals surface area contributed by atoms with Crippen LogP contribution in [0.25, 0.3) is 11.1 Å². The fraction of sp³-hybridized carbons (Fsp3) is 0.484. The van der Waals surface area contributed by atoms with Gasteiger partial charge in [0.2, 0.25) is 0 Å². The number of carbonyl (C=O) groups is 2. The van der Waals surface area contributed by atoms with Crippen molar-refractivity contribution >= 4 is 11.9 Å². The fourth-order valence-corrected chi connectivity index (χ4v) is 4.42. The van der Waals surface area contributed by atoms with Gasteiger partial charge in [-0.15, -0.1) is 0 Å². The van der Waals surface area contributed by atoms with Gasteiger partial charge in [0, 0.05) is 31.5 Å². The molecule has 0 aliphatic carbocycles. The first-order chi connectivity index (χ1) is 19.5. The summed E-state index contributed by atoms with van der Waals surface area (Å²) in [5.74, 6) is 1.44. The van der Waals surface area contributed by atoms with Crippen molar-refractivity contribution < 1.29 is 14.3 Å². The van der Waals surface area contributed by atoms with E-state index in [2.05, 4.69) is 53.5 Å². The van der Waals surface area contributed by atoms with E-state index in [1.165, 1.54) is 7.11 Å². The maximum atomic E-state index is 13.0. The lowest BCUT2D eigenvalue weighted by Crippen LogP contribution is -2.37. The number of unbranched alkanes of at least 4 members (excludes halogenated alkanes) is 2. The highest BCUT2D eigenvalue weighted by molar-refractivity contribution is 6.00. The second-order valence-corrected chi connectivity index (χ2v) is 9.98. The number of hydrogen-bond donors (Lipinski definition) is 3. The maximum absolute atomic E-state index is 13.0. The molecule has 4 N–H and O–H groups in total. The lowest BCUT2D eigenvalue weighted by atomic mass is 9.98. The summed E-state index contributed by atoms with van der Waals surface area (Å²) in [7, 11) is 1.32. The van der Waals surface area contributed by atoms with Gasteiger partial charge in [0.25, 0.3) is 5.91 Å². The second-order valence-electron chi connectivity index (χ2n) is 9.98. The molecule has 0 saturated carbocycles. The highest BCUT2D eigenvalue weighted by Crippen LogP contribution is 2.24. The van der Waals surface area contributed by atoms with E-state index in [4.69, 9.17) is 15.8 Å². The van der Waals surface area contributed by atoms with E-state index >= 15 is 0 Å². The number of aryl methyl sites for hydroxylation is 2. The molecule has 0 aliphatic heterocycles. The Morgan fingerprint density at radius 2 is 1.70 bits per heavy atom. The van der Waals surface area contributed by atoms with Gasteiger partial charge >= 0.3 is 5.97 Å². The SMILES string of the molecule is CCCCc1nc(CCCC)n(Cc2ccc(-c3ccccc3C(=O)NCCNCCC(N)C(=O)OC)cc2)n1. The summed E-state index contributed by atoms with van der Waals surface area (Å²) in [5, 5.41) is 11.0. The number of nitrogens with two attached hydrogens (primary N) is 1. The zero-order valence-electron chi connectivity index (χ0n) is 24.1. The molecule has 0 fully saturated rings. The molecule has 3 rings (SSSR count). The predicted octanol–water partition coefficient (Wildman–Crippen LogP) is 3.89. The molecule has 2 aromatic carbocycles. The monoisotopic (exact) mass is 548 g/mol. The van der Waals surface area contributed by atoms with Crippen molar-refractivity contribution in [2.24, 2.45) is 5.73 Å². The molecule has 1 unspecified atom stereocenters. The van der Waals surface area contributed by atoms with Gasteiger partial charge < -0.3 is 21.1 Å². The van der Waals surface area contributed by atoms with Crippen molar-refractivity contribution in [2.45, 2.75) is 71.4 Å². The Labute approximate surface area is 237 Å². The molecule has 216 valence electrons. The third-order valence-electron chi connectivity index (χ3n) is 6.79. The van der Waals surface area contributed by atoms with E-state index in [9.17, 15) is 9.59 Å². The van der Waals surface area contributed by atoms with Crippen molar-refractivity contribution in [3.8, 4) is 11.1 Å². The molecule has 1 heterocycles. The lowest BCUT2D eigenvalue weighted by molar-refractivity contribution is -0.142. The number of nitrogens with one attached hydrogen (secondary N) is 2. The Morgan fingerprint density at radius 1 is 0.975 bits per heavy atom. The number of methoxy groups -OCH3 is 1. The minimum absolute atomic E-state index is 0.129. The van der Waals surface area contributed by atoms with Crippen LogP contribution in [0.4, 0.5) is 0 Å². The summed E-state index contributed by atoms with van der Waals surface area (Å²) in [6.45, 7) is 6.64. The molecule has 1 aromatic heterocycles. The summed E-state index contributed by atoms with van der Waals surface area (Å²) < 4.78 is 6.68. The summed E-state index contributed by atoms with van der Waals surface area (Å²) in [4.78, 5) is 29.2. The largest absolute Gasteiger partial charge is 0.468 e. The third kappa shape index (κ3) is 9.27. The minimum Gasteiger partial charge on any atom is -0.468 e. The predicted molar refractivity (Wildman–Crippen MR) is 158 cm³/mol. The molecule has 1 amide bonds. The number of carbonyl (C=O) groups excluding carboxylic acids is 2. The van der Waals surface area contributed by atoms with Crippen molar-refractivity contribution in [3.05, 3.63) is 71.3 Å². The zero-order valence-corrected chi connectivity index (χ0v) is 24.1. The number of rotatable bonds is 17. The number of amides is 1. The van der Waals surface area contributed by atoms with E-state index in [0.717, 1.165) is 66.9 Å². The number of benzene rings is 2. The summed E-state index contributed by atoms with van der Waals surface area (Å²) >= 11 is 0. The average Bonchev–Trinajstić information content (AvgIpc) is 3.37. The Bertz CT molecular complexity index is 1210. The van der Waals surface area contributed by atoms with Gasteiger partial charge in [0.15, 0.2) is 5.82 Å². The third-order valence-corrected chi connectivity index (χ3v) is 6.79. The zero-order chi connectivity index (χ0) is 28.7. The Hall–Kier alpha value is -3.56. The number of aromatic nitrogens is 3. The molecule has 0 spiro atoms. The molecule has 9 nitrogen and oxygen atoms in total. The number of ether oxygens (including phenoxy) is 1. The van der Waals surface area contributed by atoms with Crippen molar-refractivity contribution in [2.75, 3.05) is 26.7 Å². The van der Waals surface area contributed by atoms with E-state index < -0.39 is 12.0 Å². The molecule has 40 heavy (non-hydrogen) atoms. The maximum Gasteiger partial charge on any atom is 0.322 e. The molecule has 1 atom stereocenters. The minimum atomic E-state index is -0.645. The van der Waals surface area contributed by atoms with Crippen LogP contribution >= 0.6 is 0 Å². The van der Waals surface area contributed by atoms with Gasteiger partial charge in [0.05, 0.1) is 13.7 Å². The van der Waals surface area contributed by atoms with Crippen LogP contribution < -0.4 is 16.4 Å². The van der Waals surface area contributed by atoms with Crippen LogP contribution in [0.5, 0.6) is 0 Å². The fourth-order valence-electron chi connectivity index (χ4n) is 4.42.